The van der Waals surface area contributed by atoms with Gasteiger partial charge in [-0.3, -0.25) is 0 Å². The predicted octanol–water partition coefficient (Wildman–Crippen LogP) is 5.78. The molecule has 0 rings (SSSR count). The molecule has 108 valence electrons. The minimum atomic E-state index is -1.65. The molecule has 0 radical (unpaired) electrons. The summed E-state index contributed by atoms with van der Waals surface area (Å²) in [6.45, 7) is 22.1. The lowest BCUT2D eigenvalue weighted by Gasteiger charge is -2.43. The molecule has 0 N–H and O–H groups in total. The van der Waals surface area contributed by atoms with Crippen LogP contribution >= 0.6 is 0 Å². The lowest BCUT2D eigenvalue weighted by Crippen LogP contribution is -2.47. The summed E-state index contributed by atoms with van der Waals surface area (Å²) in [6.07, 6.45) is 5.61. The summed E-state index contributed by atoms with van der Waals surface area (Å²) in [5, 5.41) is 0.290. The highest BCUT2D eigenvalue weighted by Gasteiger charge is 2.41. The van der Waals surface area contributed by atoms with Crippen molar-refractivity contribution in [3.63, 3.8) is 0 Å². The lowest BCUT2D eigenvalue weighted by atomic mass is 9.97. The molecule has 18 heavy (non-hydrogen) atoms. The summed E-state index contributed by atoms with van der Waals surface area (Å²) in [5.74, 6) is 0.619. The number of hydrogen-bond acceptors (Lipinski definition) is 1. The summed E-state index contributed by atoms with van der Waals surface area (Å²) in [7, 11) is -1.65. The predicted molar refractivity (Wildman–Crippen MR) is 85.6 cm³/mol. The van der Waals surface area contributed by atoms with Crippen molar-refractivity contribution < 1.29 is 4.43 Å². The Morgan fingerprint density at radius 2 is 1.67 bits per heavy atom. The average molecular weight is 271 g/mol. The minimum Gasteiger partial charge on any atom is -0.412 e. The highest BCUT2D eigenvalue weighted by Crippen LogP contribution is 2.40. The van der Waals surface area contributed by atoms with Gasteiger partial charge in [0, 0.05) is 0 Å². The van der Waals surface area contributed by atoms with Crippen LogP contribution in [-0.4, -0.2) is 13.9 Å². The molecule has 0 aliphatic carbocycles. The number of rotatable bonds is 7. The van der Waals surface area contributed by atoms with Crippen LogP contribution in [0.4, 0.5) is 0 Å². The lowest BCUT2D eigenvalue weighted by molar-refractivity contribution is 0.0788. The monoisotopic (exact) mass is 270 g/mol. The first kappa shape index (κ1) is 17.9. The largest absolute Gasteiger partial charge is 0.412 e. The van der Waals surface area contributed by atoms with E-state index in [9.17, 15) is 0 Å². The summed E-state index contributed by atoms with van der Waals surface area (Å²) in [4.78, 5) is 0. The summed E-state index contributed by atoms with van der Waals surface area (Å²) in [6, 6.07) is 0. The zero-order valence-corrected chi connectivity index (χ0v) is 14.9. The molecule has 0 fully saturated rings. The molecule has 2 heteroatoms. The zero-order valence-electron chi connectivity index (χ0n) is 13.9. The van der Waals surface area contributed by atoms with E-state index in [4.69, 9.17) is 4.43 Å². The van der Waals surface area contributed by atoms with Crippen molar-refractivity contribution in [2.75, 3.05) is 0 Å². The number of allylic oxidation sites excluding steroid dienone is 1. The topological polar surface area (TPSA) is 9.23 Å². The van der Waals surface area contributed by atoms with Gasteiger partial charge < -0.3 is 4.43 Å². The van der Waals surface area contributed by atoms with E-state index in [1.165, 1.54) is 12.8 Å². The van der Waals surface area contributed by atoms with Crippen molar-refractivity contribution in [1.82, 2.24) is 0 Å². The molecule has 0 aliphatic heterocycles. The summed E-state index contributed by atoms with van der Waals surface area (Å²) >= 11 is 0. The normalized spacial score (nSPS) is 15.6. The third-order valence-electron chi connectivity index (χ3n) is 4.18. The molecule has 0 aromatic rings. The highest BCUT2D eigenvalue weighted by atomic mass is 28.4. The van der Waals surface area contributed by atoms with Crippen LogP contribution in [0, 0.1) is 5.92 Å². The molecule has 0 saturated carbocycles. The Labute approximate surface area is 116 Å². The summed E-state index contributed by atoms with van der Waals surface area (Å²) < 4.78 is 6.52. The molecule has 0 aromatic carbocycles. The first-order valence-corrected chi connectivity index (χ1v) is 10.1. The molecule has 0 bridgehead atoms. The van der Waals surface area contributed by atoms with E-state index in [-0.39, 0.29) is 5.60 Å². The van der Waals surface area contributed by atoms with Crippen molar-refractivity contribution in [2.45, 2.75) is 84.5 Å². The van der Waals surface area contributed by atoms with Crippen LogP contribution in [0.15, 0.2) is 12.7 Å². The van der Waals surface area contributed by atoms with E-state index >= 15 is 0 Å². The molecular formula is C16H34OSi. The Bertz CT molecular complexity index is 261. The Hall–Kier alpha value is -0.0831. The molecule has 0 spiro atoms. The van der Waals surface area contributed by atoms with Gasteiger partial charge >= 0.3 is 0 Å². The highest BCUT2D eigenvalue weighted by molar-refractivity contribution is 6.74. The first-order valence-electron chi connectivity index (χ1n) is 7.24. The van der Waals surface area contributed by atoms with Crippen LogP contribution in [0.5, 0.6) is 0 Å². The molecule has 0 heterocycles. The van der Waals surface area contributed by atoms with Crippen LogP contribution in [0.2, 0.25) is 18.1 Å². The van der Waals surface area contributed by atoms with Crippen molar-refractivity contribution in [2.24, 2.45) is 5.92 Å². The zero-order chi connectivity index (χ0) is 14.6. The van der Waals surface area contributed by atoms with Gasteiger partial charge in [0.25, 0.3) is 0 Å². The van der Waals surface area contributed by atoms with Crippen LogP contribution in [0.3, 0.4) is 0 Å². The molecule has 0 amide bonds. The molecule has 0 aromatic heterocycles. The SMILES string of the molecule is C=C[C@H](C)CCCC(C)(C)O[Si](C)(C)C(C)(C)C. The van der Waals surface area contributed by atoms with Crippen molar-refractivity contribution in [1.29, 1.82) is 0 Å². The Balaban J connectivity index is 4.35. The fourth-order valence-corrected chi connectivity index (χ4v) is 3.65. The van der Waals surface area contributed by atoms with Crippen molar-refractivity contribution >= 4 is 8.32 Å². The van der Waals surface area contributed by atoms with Gasteiger partial charge in [0.15, 0.2) is 8.32 Å². The Kier molecular flexibility index (Phi) is 6.35. The van der Waals surface area contributed by atoms with Gasteiger partial charge in [-0.25, -0.2) is 0 Å². The molecular weight excluding hydrogens is 236 g/mol. The van der Waals surface area contributed by atoms with Crippen LogP contribution in [0.25, 0.3) is 0 Å². The second kappa shape index (κ2) is 6.38. The second-order valence-corrected chi connectivity index (χ2v) is 12.5. The van der Waals surface area contributed by atoms with E-state index < -0.39 is 8.32 Å². The van der Waals surface area contributed by atoms with E-state index in [1.807, 2.05) is 6.08 Å². The quantitative estimate of drug-likeness (QED) is 0.421. The fourth-order valence-electron chi connectivity index (χ4n) is 1.86. The molecule has 1 nitrogen and oxygen atoms in total. The summed E-state index contributed by atoms with van der Waals surface area (Å²) in [5.41, 5.74) is 0.00386. The fraction of sp³-hybridized carbons (Fsp3) is 0.875. The average Bonchev–Trinajstić information content (AvgIpc) is 2.13. The Morgan fingerprint density at radius 1 is 1.17 bits per heavy atom. The van der Waals surface area contributed by atoms with E-state index in [1.54, 1.807) is 0 Å². The van der Waals surface area contributed by atoms with Crippen LogP contribution in [0.1, 0.15) is 60.8 Å². The van der Waals surface area contributed by atoms with E-state index in [0.29, 0.717) is 11.0 Å². The maximum atomic E-state index is 6.52. The van der Waals surface area contributed by atoms with Gasteiger partial charge in [-0.05, 0) is 50.7 Å². The number of hydrogen-bond donors (Lipinski definition) is 0. The van der Waals surface area contributed by atoms with Crippen LogP contribution in [-0.2, 0) is 4.43 Å². The minimum absolute atomic E-state index is 0.00386. The van der Waals surface area contributed by atoms with Gasteiger partial charge in [0.05, 0.1) is 5.60 Å². The van der Waals surface area contributed by atoms with E-state index in [0.717, 1.165) is 6.42 Å². The maximum absolute atomic E-state index is 6.52. The van der Waals surface area contributed by atoms with Crippen molar-refractivity contribution in [3.8, 4) is 0 Å². The second-order valence-electron chi connectivity index (χ2n) is 7.73. The third-order valence-corrected chi connectivity index (χ3v) is 8.85. The van der Waals surface area contributed by atoms with Gasteiger partial charge in [0.2, 0.25) is 0 Å². The van der Waals surface area contributed by atoms with Gasteiger partial charge in [-0.1, -0.05) is 40.2 Å². The van der Waals surface area contributed by atoms with Gasteiger partial charge in [-0.15, -0.1) is 6.58 Å². The molecule has 0 saturated heterocycles. The molecule has 0 unspecified atom stereocenters. The molecule has 0 aliphatic rings. The van der Waals surface area contributed by atoms with Gasteiger partial charge in [-0.2, -0.15) is 0 Å². The van der Waals surface area contributed by atoms with E-state index in [2.05, 4.69) is 61.2 Å². The smallest absolute Gasteiger partial charge is 0.192 e. The van der Waals surface area contributed by atoms with Crippen molar-refractivity contribution in [3.05, 3.63) is 12.7 Å². The third kappa shape index (κ3) is 6.19. The maximum Gasteiger partial charge on any atom is 0.192 e. The molecule has 1 atom stereocenters. The standard InChI is InChI=1S/C16H34OSi/c1-10-14(2)12-11-13-16(6,7)17-18(8,9)15(3,4)5/h10,14H,1,11-13H2,2-9H3/t14-/m0/s1. The first-order chi connectivity index (χ1) is 7.91. The Morgan fingerprint density at radius 3 is 2.06 bits per heavy atom. The van der Waals surface area contributed by atoms with Crippen LogP contribution < -0.4 is 0 Å². The van der Waals surface area contributed by atoms with Gasteiger partial charge in [0.1, 0.15) is 0 Å².